The van der Waals surface area contributed by atoms with Gasteiger partial charge >= 0.3 is 0 Å². The minimum absolute atomic E-state index is 0.315. The van der Waals surface area contributed by atoms with Crippen molar-refractivity contribution in [1.82, 2.24) is 14.9 Å². The summed E-state index contributed by atoms with van der Waals surface area (Å²) in [5.74, 6) is 3.48. The van der Waals surface area contributed by atoms with Gasteiger partial charge in [-0.25, -0.2) is 9.97 Å². The molecule has 0 aliphatic carbocycles. The molecule has 0 radical (unpaired) electrons. The lowest BCUT2D eigenvalue weighted by Gasteiger charge is -2.35. The van der Waals surface area contributed by atoms with Gasteiger partial charge in [0.2, 0.25) is 6.79 Å². The molecule has 0 saturated carbocycles. The highest BCUT2D eigenvalue weighted by Crippen LogP contribution is 2.33. The Labute approximate surface area is 163 Å². The van der Waals surface area contributed by atoms with E-state index in [0.29, 0.717) is 6.79 Å². The van der Waals surface area contributed by atoms with E-state index in [0.717, 1.165) is 66.7 Å². The largest absolute Gasteiger partial charge is 0.497 e. The number of benzene rings is 2. The zero-order chi connectivity index (χ0) is 18.9. The number of methoxy groups -OCH3 is 1. The van der Waals surface area contributed by atoms with Crippen LogP contribution in [0, 0.1) is 0 Å². The highest BCUT2D eigenvalue weighted by Gasteiger charge is 2.21. The van der Waals surface area contributed by atoms with Gasteiger partial charge in [0.05, 0.1) is 12.6 Å². The van der Waals surface area contributed by atoms with E-state index in [4.69, 9.17) is 14.2 Å². The third-order valence-corrected chi connectivity index (χ3v) is 5.34. The van der Waals surface area contributed by atoms with Gasteiger partial charge in [0.1, 0.15) is 17.9 Å². The van der Waals surface area contributed by atoms with Crippen LogP contribution < -0.4 is 19.1 Å². The number of hydrogen-bond donors (Lipinski definition) is 0. The van der Waals surface area contributed by atoms with Gasteiger partial charge in [-0.2, -0.15) is 0 Å². The summed E-state index contributed by atoms with van der Waals surface area (Å²) >= 11 is 0. The van der Waals surface area contributed by atoms with Crippen LogP contribution in [0.3, 0.4) is 0 Å². The first-order valence-corrected chi connectivity index (χ1v) is 9.45. The monoisotopic (exact) mass is 378 g/mol. The van der Waals surface area contributed by atoms with Crippen LogP contribution in [0.15, 0.2) is 42.7 Å². The summed E-state index contributed by atoms with van der Waals surface area (Å²) in [6.07, 6.45) is 1.64. The van der Waals surface area contributed by atoms with Gasteiger partial charge in [-0.15, -0.1) is 0 Å². The van der Waals surface area contributed by atoms with Crippen molar-refractivity contribution in [3.8, 4) is 17.2 Å². The van der Waals surface area contributed by atoms with Crippen LogP contribution in [-0.4, -0.2) is 54.9 Å². The fraction of sp³-hybridized carbons (Fsp3) is 0.333. The van der Waals surface area contributed by atoms with Crippen LogP contribution in [0.25, 0.3) is 10.9 Å². The molecule has 0 amide bonds. The first-order valence-electron chi connectivity index (χ1n) is 9.45. The van der Waals surface area contributed by atoms with Crippen molar-refractivity contribution in [3.63, 3.8) is 0 Å². The summed E-state index contributed by atoms with van der Waals surface area (Å²) in [6, 6.07) is 12.1. The maximum absolute atomic E-state index is 5.49. The van der Waals surface area contributed by atoms with Crippen molar-refractivity contribution in [2.75, 3.05) is 45.0 Å². The second kappa shape index (κ2) is 7.16. The third-order valence-electron chi connectivity index (χ3n) is 5.34. The van der Waals surface area contributed by atoms with E-state index in [1.807, 2.05) is 24.3 Å². The molecule has 2 aliphatic rings. The number of ether oxygens (including phenoxy) is 3. The Kier molecular flexibility index (Phi) is 4.37. The molecule has 0 atom stereocenters. The molecular formula is C21H22N4O3. The summed E-state index contributed by atoms with van der Waals surface area (Å²) < 4.78 is 16.3. The summed E-state index contributed by atoms with van der Waals surface area (Å²) in [6.45, 7) is 5.02. The van der Waals surface area contributed by atoms with Crippen LogP contribution >= 0.6 is 0 Å². The van der Waals surface area contributed by atoms with Crippen molar-refractivity contribution in [2.45, 2.75) is 6.54 Å². The zero-order valence-electron chi connectivity index (χ0n) is 15.8. The van der Waals surface area contributed by atoms with Gasteiger partial charge in [-0.3, -0.25) is 4.90 Å². The number of rotatable bonds is 4. The first kappa shape index (κ1) is 17.1. The predicted octanol–water partition coefficient (Wildman–Crippen LogP) is 2.69. The zero-order valence-corrected chi connectivity index (χ0v) is 15.8. The number of hydrogen-bond acceptors (Lipinski definition) is 7. The molecule has 0 spiro atoms. The van der Waals surface area contributed by atoms with E-state index < -0.39 is 0 Å². The van der Waals surface area contributed by atoms with Gasteiger partial charge in [0.15, 0.2) is 11.5 Å². The van der Waals surface area contributed by atoms with E-state index in [9.17, 15) is 0 Å². The molecule has 7 nitrogen and oxygen atoms in total. The van der Waals surface area contributed by atoms with Crippen LogP contribution in [0.4, 0.5) is 5.82 Å². The first-order chi connectivity index (χ1) is 13.8. The second-order valence-corrected chi connectivity index (χ2v) is 7.03. The van der Waals surface area contributed by atoms with Crippen molar-refractivity contribution >= 4 is 16.7 Å². The maximum Gasteiger partial charge on any atom is 0.231 e. The Bertz CT molecular complexity index is 1000. The molecule has 1 saturated heterocycles. The lowest BCUT2D eigenvalue weighted by Crippen LogP contribution is -2.46. The van der Waals surface area contributed by atoms with Crippen molar-refractivity contribution in [1.29, 1.82) is 0 Å². The highest BCUT2D eigenvalue weighted by molar-refractivity contribution is 5.90. The standard InChI is InChI=1S/C21H22N4O3/c1-26-16-3-4-18-17(11-16)21(23-13-22-18)25-8-6-24(7-9-25)12-15-2-5-19-20(10-15)28-14-27-19/h2-5,10-11,13H,6-9,12,14H2,1H3. The van der Waals surface area contributed by atoms with E-state index in [2.05, 4.69) is 31.9 Å². The van der Waals surface area contributed by atoms with E-state index >= 15 is 0 Å². The van der Waals surface area contributed by atoms with Crippen molar-refractivity contribution < 1.29 is 14.2 Å². The molecule has 28 heavy (non-hydrogen) atoms. The van der Waals surface area contributed by atoms with E-state index in [-0.39, 0.29) is 0 Å². The Morgan fingerprint density at radius 2 is 1.82 bits per heavy atom. The van der Waals surface area contributed by atoms with Crippen LogP contribution in [-0.2, 0) is 6.54 Å². The number of fused-ring (bicyclic) bond motifs is 2. The second-order valence-electron chi connectivity index (χ2n) is 7.03. The summed E-state index contributed by atoms with van der Waals surface area (Å²) in [4.78, 5) is 13.7. The molecule has 0 unspecified atom stereocenters. The van der Waals surface area contributed by atoms with Crippen molar-refractivity contribution in [3.05, 3.63) is 48.3 Å². The average Bonchev–Trinajstić information content (AvgIpc) is 3.21. The molecular weight excluding hydrogens is 356 g/mol. The Hall–Kier alpha value is -3.06. The number of nitrogens with zero attached hydrogens (tertiary/aromatic N) is 4. The molecule has 144 valence electrons. The van der Waals surface area contributed by atoms with Crippen LogP contribution in [0.5, 0.6) is 17.2 Å². The molecule has 7 heteroatoms. The molecule has 3 heterocycles. The fourth-order valence-electron chi connectivity index (χ4n) is 3.82. The van der Waals surface area contributed by atoms with Gasteiger partial charge in [-0.05, 0) is 35.9 Å². The molecule has 0 bridgehead atoms. The summed E-state index contributed by atoms with van der Waals surface area (Å²) in [7, 11) is 1.68. The Morgan fingerprint density at radius 3 is 2.68 bits per heavy atom. The maximum atomic E-state index is 5.49. The Balaban J connectivity index is 1.29. The minimum atomic E-state index is 0.315. The molecule has 0 N–H and O–H groups in total. The highest BCUT2D eigenvalue weighted by atomic mass is 16.7. The summed E-state index contributed by atoms with van der Waals surface area (Å²) in [5, 5.41) is 1.03. The SMILES string of the molecule is COc1ccc2ncnc(N3CCN(Cc4ccc5c(c4)OCO5)CC3)c2c1. The van der Waals surface area contributed by atoms with E-state index in [1.165, 1.54) is 5.56 Å². The molecule has 3 aromatic rings. The van der Waals surface area contributed by atoms with E-state index in [1.54, 1.807) is 13.4 Å². The Morgan fingerprint density at radius 1 is 0.964 bits per heavy atom. The fourth-order valence-corrected chi connectivity index (χ4v) is 3.82. The molecule has 1 fully saturated rings. The summed E-state index contributed by atoms with van der Waals surface area (Å²) in [5.41, 5.74) is 2.18. The molecule has 1 aromatic heterocycles. The number of anilines is 1. The number of aromatic nitrogens is 2. The number of piperazine rings is 1. The van der Waals surface area contributed by atoms with Crippen LogP contribution in [0.1, 0.15) is 5.56 Å². The van der Waals surface area contributed by atoms with Gasteiger partial charge in [0, 0.05) is 38.1 Å². The lowest BCUT2D eigenvalue weighted by atomic mass is 10.1. The molecule has 2 aliphatic heterocycles. The normalized spacial score (nSPS) is 16.5. The topological polar surface area (TPSA) is 60.0 Å². The average molecular weight is 378 g/mol. The lowest BCUT2D eigenvalue weighted by molar-refractivity contribution is 0.174. The smallest absolute Gasteiger partial charge is 0.231 e. The van der Waals surface area contributed by atoms with Gasteiger partial charge in [-0.1, -0.05) is 6.07 Å². The molecule has 2 aromatic carbocycles. The van der Waals surface area contributed by atoms with Crippen LogP contribution in [0.2, 0.25) is 0 Å². The van der Waals surface area contributed by atoms with Gasteiger partial charge < -0.3 is 19.1 Å². The predicted molar refractivity (Wildman–Crippen MR) is 106 cm³/mol. The third kappa shape index (κ3) is 3.18. The van der Waals surface area contributed by atoms with Crippen molar-refractivity contribution in [2.24, 2.45) is 0 Å². The molecule has 5 rings (SSSR count). The van der Waals surface area contributed by atoms with Gasteiger partial charge in [0.25, 0.3) is 0 Å². The minimum Gasteiger partial charge on any atom is -0.497 e. The quantitative estimate of drug-likeness (QED) is 0.692.